The number of rotatable bonds is 6. The zero-order valence-electron chi connectivity index (χ0n) is 13.6. The number of nitro groups is 1. The topological polar surface area (TPSA) is 79.5 Å². The highest BCUT2D eigenvalue weighted by Gasteiger charge is 2.26. The Morgan fingerprint density at radius 1 is 1.46 bits per heavy atom. The van der Waals surface area contributed by atoms with Crippen molar-refractivity contribution in [2.24, 2.45) is 5.92 Å². The Hall–Kier alpha value is -1.83. The number of hydrogen-bond donors (Lipinski definition) is 1. The molecule has 2 atom stereocenters. The highest BCUT2D eigenvalue weighted by atomic mass is 32.1. The van der Waals surface area contributed by atoms with Crippen LogP contribution in [0, 0.1) is 16.0 Å². The van der Waals surface area contributed by atoms with Crippen molar-refractivity contribution in [3.63, 3.8) is 0 Å². The fraction of sp³-hybridized carbons (Fsp3) is 0.471. The van der Waals surface area contributed by atoms with Gasteiger partial charge in [-0.1, -0.05) is 18.6 Å². The van der Waals surface area contributed by atoms with E-state index in [1.807, 2.05) is 18.5 Å². The minimum atomic E-state index is -0.390. The van der Waals surface area contributed by atoms with Crippen LogP contribution in [0.3, 0.4) is 0 Å². The Morgan fingerprint density at radius 3 is 3.00 bits per heavy atom. The van der Waals surface area contributed by atoms with E-state index in [4.69, 9.17) is 0 Å². The third kappa shape index (κ3) is 3.98. The number of benzene rings is 1. The highest BCUT2D eigenvalue weighted by molar-refractivity contribution is 7.13. The van der Waals surface area contributed by atoms with Gasteiger partial charge in [0.15, 0.2) is 0 Å². The molecule has 0 bridgehead atoms. The van der Waals surface area contributed by atoms with Crippen LogP contribution in [0.5, 0.6) is 0 Å². The van der Waals surface area contributed by atoms with Gasteiger partial charge in [-0.05, 0) is 25.8 Å². The summed E-state index contributed by atoms with van der Waals surface area (Å²) < 4.78 is 0. The van der Waals surface area contributed by atoms with Crippen molar-refractivity contribution in [3.8, 4) is 10.6 Å². The first kappa shape index (κ1) is 17.0. The van der Waals surface area contributed by atoms with Crippen LogP contribution in [0.4, 0.5) is 5.69 Å². The Morgan fingerprint density at radius 2 is 2.29 bits per heavy atom. The summed E-state index contributed by atoms with van der Waals surface area (Å²) in [6, 6.07) is 6.57. The van der Waals surface area contributed by atoms with Gasteiger partial charge in [-0.2, -0.15) is 0 Å². The second-order valence-electron chi connectivity index (χ2n) is 6.41. The number of aliphatic hydroxyl groups excluding tert-OH is 1. The maximum atomic E-state index is 10.9. The predicted octanol–water partition coefficient (Wildman–Crippen LogP) is 3.31. The predicted molar refractivity (Wildman–Crippen MR) is 93.9 cm³/mol. The molecule has 24 heavy (non-hydrogen) atoms. The minimum Gasteiger partial charge on any atom is -0.393 e. The van der Waals surface area contributed by atoms with E-state index < -0.39 is 4.92 Å². The summed E-state index contributed by atoms with van der Waals surface area (Å²) >= 11 is 1.50. The summed E-state index contributed by atoms with van der Waals surface area (Å²) in [4.78, 5) is 17.3. The Bertz CT molecular complexity index is 719. The first-order chi connectivity index (χ1) is 11.5. The largest absolute Gasteiger partial charge is 0.393 e. The number of nitro benzene ring substituents is 1. The van der Waals surface area contributed by atoms with E-state index in [9.17, 15) is 15.2 Å². The van der Waals surface area contributed by atoms with Crippen molar-refractivity contribution in [2.45, 2.75) is 31.9 Å². The Balaban J connectivity index is 1.65. The van der Waals surface area contributed by atoms with Crippen LogP contribution >= 0.6 is 11.3 Å². The molecule has 6 nitrogen and oxygen atoms in total. The van der Waals surface area contributed by atoms with Crippen molar-refractivity contribution in [1.29, 1.82) is 0 Å². The molecule has 128 valence electrons. The molecule has 0 aliphatic heterocycles. The smallest absolute Gasteiger partial charge is 0.270 e. The molecular weight excluding hydrogens is 326 g/mol. The monoisotopic (exact) mass is 347 g/mol. The minimum absolute atomic E-state index is 0.0802. The molecule has 0 amide bonds. The number of aliphatic hydroxyl groups is 1. The van der Waals surface area contributed by atoms with Crippen LogP contribution in [-0.4, -0.2) is 39.6 Å². The van der Waals surface area contributed by atoms with Crippen LogP contribution in [-0.2, 0) is 6.54 Å². The molecule has 2 aromatic rings. The lowest BCUT2D eigenvalue weighted by atomic mass is 10.1. The lowest BCUT2D eigenvalue weighted by molar-refractivity contribution is -0.384. The number of aromatic nitrogens is 1. The van der Waals surface area contributed by atoms with Gasteiger partial charge in [0.25, 0.3) is 5.69 Å². The van der Waals surface area contributed by atoms with Crippen molar-refractivity contribution < 1.29 is 10.0 Å². The fourth-order valence-corrected chi connectivity index (χ4v) is 4.04. The summed E-state index contributed by atoms with van der Waals surface area (Å²) in [5.41, 5.74) is 1.81. The van der Waals surface area contributed by atoms with Crippen LogP contribution < -0.4 is 0 Å². The summed E-state index contributed by atoms with van der Waals surface area (Å²) in [5, 5.41) is 23.6. The lowest BCUT2D eigenvalue weighted by Crippen LogP contribution is -2.29. The molecule has 1 aromatic heterocycles. The van der Waals surface area contributed by atoms with E-state index in [2.05, 4.69) is 9.88 Å². The number of non-ortho nitro benzene ring substituents is 1. The van der Waals surface area contributed by atoms with E-state index in [-0.39, 0.29) is 11.8 Å². The van der Waals surface area contributed by atoms with E-state index in [0.29, 0.717) is 12.5 Å². The third-order valence-corrected chi connectivity index (χ3v) is 5.39. The second-order valence-corrected chi connectivity index (χ2v) is 7.26. The molecule has 1 N–H and O–H groups in total. The molecule has 7 heteroatoms. The molecule has 0 spiro atoms. The maximum Gasteiger partial charge on any atom is 0.270 e. The van der Waals surface area contributed by atoms with Gasteiger partial charge >= 0.3 is 0 Å². The van der Waals surface area contributed by atoms with Crippen LogP contribution in [0.1, 0.15) is 25.0 Å². The standard InChI is InChI=1S/C17H21N3O3S/c1-19(9-13-5-3-7-16(13)21)10-14-11-24-17(18-14)12-4-2-6-15(8-12)20(22)23/h2,4,6,8,11,13,16,21H,3,5,7,9-10H2,1H3/t13-,16-/m0/s1. The number of hydrogen-bond acceptors (Lipinski definition) is 6. The zero-order valence-corrected chi connectivity index (χ0v) is 14.4. The van der Waals surface area contributed by atoms with Gasteiger partial charge in [0, 0.05) is 36.2 Å². The Labute approximate surface area is 144 Å². The molecule has 1 aromatic carbocycles. The van der Waals surface area contributed by atoms with Gasteiger partial charge in [0.1, 0.15) is 5.01 Å². The van der Waals surface area contributed by atoms with Gasteiger partial charge in [-0.25, -0.2) is 4.98 Å². The first-order valence-corrected chi connectivity index (χ1v) is 8.96. The van der Waals surface area contributed by atoms with Gasteiger partial charge < -0.3 is 10.0 Å². The molecule has 1 aliphatic carbocycles. The van der Waals surface area contributed by atoms with E-state index >= 15 is 0 Å². The van der Waals surface area contributed by atoms with Gasteiger partial charge in [0.2, 0.25) is 0 Å². The fourth-order valence-electron chi connectivity index (χ4n) is 3.24. The normalized spacial score (nSPS) is 20.6. The molecular formula is C17H21N3O3S. The quantitative estimate of drug-likeness (QED) is 0.640. The number of thiazole rings is 1. The summed E-state index contributed by atoms with van der Waals surface area (Å²) in [6.45, 7) is 1.58. The van der Waals surface area contributed by atoms with E-state index in [1.54, 1.807) is 12.1 Å². The third-order valence-electron chi connectivity index (χ3n) is 4.45. The molecule has 1 saturated carbocycles. The van der Waals surface area contributed by atoms with Crippen molar-refractivity contribution in [3.05, 3.63) is 45.5 Å². The van der Waals surface area contributed by atoms with Gasteiger partial charge in [-0.3, -0.25) is 10.1 Å². The van der Waals surface area contributed by atoms with Crippen molar-refractivity contribution >= 4 is 17.0 Å². The SMILES string of the molecule is CN(Cc1csc(-c2cccc([N+](=O)[O-])c2)n1)C[C@@H]1CCC[C@@H]1O. The highest BCUT2D eigenvalue weighted by Crippen LogP contribution is 2.28. The van der Waals surface area contributed by atoms with Crippen LogP contribution in [0.2, 0.25) is 0 Å². The molecule has 1 fully saturated rings. The van der Waals surface area contributed by atoms with Crippen molar-refractivity contribution in [2.75, 3.05) is 13.6 Å². The van der Waals surface area contributed by atoms with Gasteiger partial charge in [0.05, 0.1) is 16.7 Å². The summed E-state index contributed by atoms with van der Waals surface area (Å²) in [7, 11) is 2.04. The van der Waals surface area contributed by atoms with Crippen LogP contribution in [0.15, 0.2) is 29.6 Å². The average Bonchev–Trinajstić information content (AvgIpc) is 3.17. The molecule has 0 unspecified atom stereocenters. The molecule has 0 radical (unpaired) electrons. The average molecular weight is 347 g/mol. The summed E-state index contributed by atoms with van der Waals surface area (Å²) in [5.74, 6) is 0.352. The maximum absolute atomic E-state index is 10.9. The lowest BCUT2D eigenvalue weighted by Gasteiger charge is -2.22. The van der Waals surface area contributed by atoms with E-state index in [1.165, 1.54) is 17.4 Å². The van der Waals surface area contributed by atoms with Gasteiger partial charge in [-0.15, -0.1) is 11.3 Å². The van der Waals surface area contributed by atoms with Crippen molar-refractivity contribution in [1.82, 2.24) is 9.88 Å². The molecule has 3 rings (SSSR count). The van der Waals surface area contributed by atoms with Crippen LogP contribution in [0.25, 0.3) is 10.6 Å². The summed E-state index contributed by atoms with van der Waals surface area (Å²) in [6.07, 6.45) is 2.92. The molecule has 1 heterocycles. The molecule has 1 aliphatic rings. The zero-order chi connectivity index (χ0) is 17.1. The van der Waals surface area contributed by atoms with E-state index in [0.717, 1.165) is 42.1 Å². The molecule has 0 saturated heterocycles. The second kappa shape index (κ2) is 7.38. The number of nitrogens with zero attached hydrogens (tertiary/aromatic N) is 3. The Kier molecular flexibility index (Phi) is 5.23. The first-order valence-electron chi connectivity index (χ1n) is 8.09.